The van der Waals surface area contributed by atoms with Crippen LogP contribution < -0.4 is 15.1 Å². The molecule has 2 heterocycles. The Morgan fingerprint density at radius 2 is 1.96 bits per heavy atom. The van der Waals surface area contributed by atoms with E-state index in [4.69, 9.17) is 0 Å². The second-order valence-corrected chi connectivity index (χ2v) is 7.16. The molecule has 1 saturated heterocycles. The number of nitrogens with one attached hydrogen (secondary N) is 1. The molecule has 1 amide bonds. The van der Waals surface area contributed by atoms with Gasteiger partial charge in [-0.05, 0) is 42.3 Å². The smallest absolute Gasteiger partial charge is 0.225 e. The highest BCUT2D eigenvalue weighted by Crippen LogP contribution is 2.36. The number of carbonyl (C=O) groups is 1. The van der Waals surface area contributed by atoms with E-state index in [-0.39, 0.29) is 23.7 Å². The minimum Gasteiger partial charge on any atom is -0.368 e. The van der Waals surface area contributed by atoms with Crippen molar-refractivity contribution in [3.8, 4) is 0 Å². The van der Waals surface area contributed by atoms with Gasteiger partial charge in [0.25, 0.3) is 0 Å². The monoisotopic (exact) mass is 365 g/mol. The first kappa shape index (κ1) is 17.6. The van der Waals surface area contributed by atoms with Crippen molar-refractivity contribution in [1.29, 1.82) is 0 Å². The number of anilines is 2. The lowest BCUT2D eigenvalue weighted by molar-refractivity contribution is -0.125. The summed E-state index contributed by atoms with van der Waals surface area (Å²) in [6, 6.07) is 15.1. The maximum absolute atomic E-state index is 13.3. The number of halogens is 1. The number of nitrogens with zero attached hydrogens (tertiary/aromatic N) is 2. The number of hydrogen-bond donors (Lipinski definition) is 1. The van der Waals surface area contributed by atoms with E-state index in [1.165, 1.54) is 23.4 Å². The van der Waals surface area contributed by atoms with Crippen LogP contribution >= 0.6 is 0 Å². The number of benzene rings is 2. The van der Waals surface area contributed by atoms with Crippen molar-refractivity contribution in [3.63, 3.8) is 0 Å². The van der Waals surface area contributed by atoms with Crippen LogP contribution in [0, 0.1) is 11.7 Å². The molecule has 4 rings (SSSR count). The fraction of sp³-hybridized carbons (Fsp3) is 0.318. The van der Waals surface area contributed by atoms with E-state index in [9.17, 15) is 9.18 Å². The van der Waals surface area contributed by atoms with E-state index in [2.05, 4.69) is 39.9 Å². The van der Waals surface area contributed by atoms with Gasteiger partial charge in [0, 0.05) is 37.6 Å². The van der Waals surface area contributed by atoms with Crippen LogP contribution in [0.4, 0.5) is 15.8 Å². The highest BCUT2D eigenvalue weighted by Gasteiger charge is 2.41. The molecule has 0 bridgehead atoms. The number of carbonyl (C=O) groups excluding carboxylic acids is 1. The highest BCUT2D eigenvalue weighted by molar-refractivity contribution is 5.82. The second kappa shape index (κ2) is 7.43. The molecule has 0 aliphatic carbocycles. The molecule has 0 spiro atoms. The van der Waals surface area contributed by atoms with Gasteiger partial charge >= 0.3 is 0 Å². The highest BCUT2D eigenvalue weighted by atomic mass is 19.1. The summed E-state index contributed by atoms with van der Waals surface area (Å²) in [6.07, 6.45) is 2.44. The molecule has 2 atom stereocenters. The summed E-state index contributed by atoms with van der Waals surface area (Å²) in [5, 5.41) is 2.98. The van der Waals surface area contributed by atoms with E-state index >= 15 is 0 Å². The molecular formula is C22H24FN3O. The summed E-state index contributed by atoms with van der Waals surface area (Å²) in [5.74, 6) is -0.283. The number of fused-ring (bicyclic) bond motifs is 3. The predicted molar refractivity (Wildman–Crippen MR) is 107 cm³/mol. The zero-order valence-electron chi connectivity index (χ0n) is 15.3. The molecule has 27 heavy (non-hydrogen) atoms. The number of hydrogen-bond acceptors (Lipinski definition) is 3. The summed E-state index contributed by atoms with van der Waals surface area (Å²) >= 11 is 0. The minimum absolute atomic E-state index is 0.0698. The van der Waals surface area contributed by atoms with Gasteiger partial charge in [-0.15, -0.1) is 6.58 Å². The molecule has 0 saturated carbocycles. The van der Waals surface area contributed by atoms with Crippen LogP contribution in [0.15, 0.2) is 61.2 Å². The Labute approximate surface area is 159 Å². The quantitative estimate of drug-likeness (QED) is 0.846. The van der Waals surface area contributed by atoms with Crippen LogP contribution in [0.5, 0.6) is 0 Å². The summed E-state index contributed by atoms with van der Waals surface area (Å²) in [6.45, 7) is 6.59. The van der Waals surface area contributed by atoms with Gasteiger partial charge in [0.15, 0.2) is 0 Å². The molecular weight excluding hydrogens is 341 g/mol. The standard InChI is InChI=1S/C22H24FN3O/c1-2-11-24-22(27)19-14-16-5-3-4-6-20(16)26-13-12-25(15-21(19)26)18-9-7-17(23)8-10-18/h2-10,19,21H,1,11-15H2,(H,24,27). The van der Waals surface area contributed by atoms with Crippen molar-refractivity contribution in [1.82, 2.24) is 5.32 Å². The van der Waals surface area contributed by atoms with Crippen molar-refractivity contribution in [2.75, 3.05) is 36.0 Å². The molecule has 1 fully saturated rings. The van der Waals surface area contributed by atoms with Gasteiger partial charge in [-0.25, -0.2) is 4.39 Å². The lowest BCUT2D eigenvalue weighted by Crippen LogP contribution is -2.61. The Morgan fingerprint density at radius 3 is 2.74 bits per heavy atom. The molecule has 5 heteroatoms. The van der Waals surface area contributed by atoms with E-state index in [0.29, 0.717) is 6.54 Å². The van der Waals surface area contributed by atoms with Gasteiger partial charge in [-0.2, -0.15) is 0 Å². The first-order valence-corrected chi connectivity index (χ1v) is 9.41. The van der Waals surface area contributed by atoms with Crippen molar-refractivity contribution < 1.29 is 9.18 Å². The Hall–Kier alpha value is -2.82. The molecule has 2 unspecified atom stereocenters. The van der Waals surface area contributed by atoms with Crippen molar-refractivity contribution in [3.05, 3.63) is 72.6 Å². The van der Waals surface area contributed by atoms with Crippen LogP contribution in [0.2, 0.25) is 0 Å². The third-order valence-electron chi connectivity index (χ3n) is 5.57. The summed E-state index contributed by atoms with van der Waals surface area (Å²) < 4.78 is 13.3. The van der Waals surface area contributed by atoms with Crippen LogP contribution in [-0.4, -0.2) is 38.1 Å². The van der Waals surface area contributed by atoms with Gasteiger partial charge < -0.3 is 15.1 Å². The molecule has 2 aromatic rings. The third-order valence-corrected chi connectivity index (χ3v) is 5.57. The van der Waals surface area contributed by atoms with Crippen LogP contribution in [0.25, 0.3) is 0 Å². The van der Waals surface area contributed by atoms with Gasteiger partial charge in [0.1, 0.15) is 5.82 Å². The lowest BCUT2D eigenvalue weighted by atomic mass is 9.83. The fourth-order valence-electron chi connectivity index (χ4n) is 4.25. The molecule has 0 aromatic heterocycles. The number of para-hydroxylation sites is 1. The molecule has 2 aromatic carbocycles. The van der Waals surface area contributed by atoms with E-state index in [0.717, 1.165) is 31.7 Å². The van der Waals surface area contributed by atoms with E-state index in [1.54, 1.807) is 6.08 Å². The maximum atomic E-state index is 13.3. The zero-order valence-corrected chi connectivity index (χ0v) is 15.3. The van der Waals surface area contributed by atoms with Crippen molar-refractivity contribution in [2.45, 2.75) is 12.5 Å². The largest absolute Gasteiger partial charge is 0.368 e. The molecule has 1 N–H and O–H groups in total. The summed E-state index contributed by atoms with van der Waals surface area (Å²) in [5.41, 5.74) is 3.46. The first-order chi connectivity index (χ1) is 13.2. The molecule has 0 radical (unpaired) electrons. The Balaban J connectivity index is 1.63. The van der Waals surface area contributed by atoms with Crippen molar-refractivity contribution >= 4 is 17.3 Å². The molecule has 140 valence electrons. The molecule has 2 aliphatic heterocycles. The van der Waals surface area contributed by atoms with Gasteiger partial charge in [0.05, 0.1) is 12.0 Å². The summed E-state index contributed by atoms with van der Waals surface area (Å²) in [7, 11) is 0. The predicted octanol–water partition coefficient (Wildman–Crippen LogP) is 3.00. The average Bonchev–Trinajstić information content (AvgIpc) is 2.71. The third kappa shape index (κ3) is 3.42. The SMILES string of the molecule is C=CCNC(=O)C1Cc2ccccc2N2CCN(c3ccc(F)cc3)CC12. The molecule has 4 nitrogen and oxygen atoms in total. The fourth-order valence-corrected chi connectivity index (χ4v) is 4.25. The van der Waals surface area contributed by atoms with Crippen molar-refractivity contribution in [2.24, 2.45) is 5.92 Å². The normalized spacial score (nSPS) is 21.2. The van der Waals surface area contributed by atoms with Gasteiger partial charge in [-0.1, -0.05) is 24.3 Å². The Kier molecular flexibility index (Phi) is 4.84. The Bertz CT molecular complexity index is 836. The Morgan fingerprint density at radius 1 is 1.19 bits per heavy atom. The number of rotatable bonds is 4. The van der Waals surface area contributed by atoms with Crippen LogP contribution in [0.3, 0.4) is 0 Å². The summed E-state index contributed by atoms with van der Waals surface area (Å²) in [4.78, 5) is 17.5. The minimum atomic E-state index is -0.231. The van der Waals surface area contributed by atoms with Crippen LogP contribution in [-0.2, 0) is 11.2 Å². The zero-order chi connectivity index (χ0) is 18.8. The molecule has 2 aliphatic rings. The van der Waals surface area contributed by atoms with E-state index in [1.807, 2.05) is 18.2 Å². The first-order valence-electron chi connectivity index (χ1n) is 9.41. The van der Waals surface area contributed by atoms with Gasteiger partial charge in [0.2, 0.25) is 5.91 Å². The topological polar surface area (TPSA) is 35.6 Å². The average molecular weight is 365 g/mol. The number of amides is 1. The lowest BCUT2D eigenvalue weighted by Gasteiger charge is -2.49. The van der Waals surface area contributed by atoms with Gasteiger partial charge in [-0.3, -0.25) is 4.79 Å². The second-order valence-electron chi connectivity index (χ2n) is 7.16. The maximum Gasteiger partial charge on any atom is 0.225 e. The van der Waals surface area contributed by atoms with Crippen LogP contribution in [0.1, 0.15) is 5.56 Å². The van der Waals surface area contributed by atoms with E-state index < -0.39 is 0 Å². The number of piperazine rings is 1.